The van der Waals surface area contributed by atoms with Gasteiger partial charge in [0.1, 0.15) is 12.1 Å². The zero-order valence-electron chi connectivity index (χ0n) is 12.4. The molecule has 1 aliphatic rings. The van der Waals surface area contributed by atoms with E-state index in [9.17, 15) is 9.59 Å². The number of alkyl carbamates (subject to hydrolysis) is 1. The Morgan fingerprint density at radius 1 is 1.33 bits per heavy atom. The van der Waals surface area contributed by atoms with Crippen molar-refractivity contribution in [3.8, 4) is 0 Å². The van der Waals surface area contributed by atoms with E-state index >= 15 is 0 Å². The van der Waals surface area contributed by atoms with Gasteiger partial charge in [0, 0.05) is 6.54 Å². The monoisotopic (exact) mass is 298 g/mol. The fourth-order valence-electron chi connectivity index (χ4n) is 2.21. The second kappa shape index (κ2) is 10.2. The van der Waals surface area contributed by atoms with Crippen molar-refractivity contribution in [1.29, 1.82) is 0 Å². The predicted octanol–water partition coefficient (Wildman–Crippen LogP) is 2.18. The minimum absolute atomic E-state index is 0.134. The smallest absolute Gasteiger partial charge is 0.407 e. The minimum atomic E-state index is -0.988. The number of hydrogen-bond acceptors (Lipinski definition) is 4. The number of rotatable bonds is 7. The molecule has 6 heteroatoms. The highest BCUT2D eigenvalue weighted by Gasteiger charge is 2.13. The largest absolute Gasteiger partial charge is 0.480 e. The summed E-state index contributed by atoms with van der Waals surface area (Å²) in [5.41, 5.74) is 5.39. The first-order valence-electron chi connectivity index (χ1n) is 7.69. The topological polar surface area (TPSA) is 102 Å². The number of carbonyl (C=O) groups excluding carboxylic acids is 1. The molecule has 1 aliphatic carbocycles. The Morgan fingerprint density at radius 3 is 2.90 bits per heavy atom. The molecule has 6 nitrogen and oxygen atoms in total. The molecule has 0 saturated heterocycles. The number of nitrogens with one attached hydrogen (secondary N) is 1. The normalized spacial score (nSPS) is 21.7. The lowest BCUT2D eigenvalue weighted by molar-refractivity contribution is -0.138. The van der Waals surface area contributed by atoms with Crippen molar-refractivity contribution in [1.82, 2.24) is 5.32 Å². The number of aliphatic carboxylic acids is 1. The molecule has 0 aliphatic heterocycles. The molecule has 0 fully saturated rings. The molecule has 2 atom stereocenters. The summed E-state index contributed by atoms with van der Waals surface area (Å²) in [6.45, 7) is 0.474. The van der Waals surface area contributed by atoms with E-state index in [2.05, 4.69) is 11.4 Å². The highest BCUT2D eigenvalue weighted by molar-refractivity contribution is 5.72. The van der Waals surface area contributed by atoms with Gasteiger partial charge in [0.15, 0.2) is 0 Å². The summed E-state index contributed by atoms with van der Waals surface area (Å²) < 4.78 is 5.34. The van der Waals surface area contributed by atoms with E-state index in [4.69, 9.17) is 15.6 Å². The van der Waals surface area contributed by atoms with Crippen molar-refractivity contribution in [2.45, 2.75) is 63.5 Å². The Labute approximate surface area is 125 Å². The number of nitrogens with two attached hydrogens (primary N) is 1. The number of ether oxygens (including phenoxy) is 1. The summed E-state index contributed by atoms with van der Waals surface area (Å²) in [4.78, 5) is 22.2. The molecule has 0 spiro atoms. The summed E-state index contributed by atoms with van der Waals surface area (Å²) >= 11 is 0. The Bertz CT molecular complexity index is 358. The molecule has 0 saturated carbocycles. The lowest BCUT2D eigenvalue weighted by Gasteiger charge is -2.16. The third kappa shape index (κ3) is 8.34. The van der Waals surface area contributed by atoms with Gasteiger partial charge in [-0.05, 0) is 51.0 Å². The Kier molecular flexibility index (Phi) is 8.50. The fourth-order valence-corrected chi connectivity index (χ4v) is 2.21. The second-order valence-electron chi connectivity index (χ2n) is 5.38. The van der Waals surface area contributed by atoms with E-state index in [0.717, 1.165) is 19.3 Å². The van der Waals surface area contributed by atoms with Crippen LogP contribution in [-0.4, -0.2) is 35.9 Å². The van der Waals surface area contributed by atoms with Crippen molar-refractivity contribution in [3.63, 3.8) is 0 Å². The van der Waals surface area contributed by atoms with Gasteiger partial charge in [0.25, 0.3) is 0 Å². The van der Waals surface area contributed by atoms with E-state index in [-0.39, 0.29) is 6.10 Å². The Balaban J connectivity index is 2.10. The zero-order chi connectivity index (χ0) is 15.5. The first-order chi connectivity index (χ1) is 10.1. The van der Waals surface area contributed by atoms with Crippen LogP contribution in [0.2, 0.25) is 0 Å². The van der Waals surface area contributed by atoms with Crippen molar-refractivity contribution in [2.75, 3.05) is 6.54 Å². The predicted molar refractivity (Wildman–Crippen MR) is 80.0 cm³/mol. The van der Waals surface area contributed by atoms with E-state index in [0.29, 0.717) is 25.8 Å². The van der Waals surface area contributed by atoms with Gasteiger partial charge in [-0.2, -0.15) is 0 Å². The molecule has 1 amide bonds. The fraction of sp³-hybridized carbons (Fsp3) is 0.733. The molecule has 0 aromatic rings. The van der Waals surface area contributed by atoms with Gasteiger partial charge in [0.05, 0.1) is 0 Å². The van der Waals surface area contributed by atoms with Crippen LogP contribution in [0.1, 0.15) is 51.4 Å². The number of allylic oxidation sites excluding steroid dienone is 1. The third-order valence-corrected chi connectivity index (χ3v) is 3.50. The van der Waals surface area contributed by atoms with Crippen molar-refractivity contribution in [3.05, 3.63) is 12.2 Å². The SMILES string of the molecule is N[C@@H](CCCCNC(=O)O[C@@H]1/C=C/CCCCC1)C(=O)O. The van der Waals surface area contributed by atoms with Crippen LogP contribution in [0.15, 0.2) is 12.2 Å². The van der Waals surface area contributed by atoms with E-state index in [1.807, 2.05) is 6.08 Å². The van der Waals surface area contributed by atoms with Gasteiger partial charge in [-0.1, -0.05) is 12.5 Å². The Hall–Kier alpha value is -1.56. The molecule has 0 unspecified atom stereocenters. The average Bonchev–Trinajstić information content (AvgIpc) is 2.41. The number of hydrogen-bond donors (Lipinski definition) is 3. The summed E-state index contributed by atoms with van der Waals surface area (Å²) in [5.74, 6) is -0.988. The molecule has 0 radical (unpaired) electrons. The van der Waals surface area contributed by atoms with E-state index in [1.165, 1.54) is 12.8 Å². The first kappa shape index (κ1) is 17.5. The van der Waals surface area contributed by atoms with Crippen LogP contribution < -0.4 is 11.1 Å². The molecule has 0 bridgehead atoms. The highest BCUT2D eigenvalue weighted by atomic mass is 16.6. The van der Waals surface area contributed by atoms with Gasteiger partial charge < -0.3 is 20.9 Å². The van der Waals surface area contributed by atoms with Gasteiger partial charge >= 0.3 is 12.1 Å². The maximum atomic E-state index is 11.6. The van der Waals surface area contributed by atoms with Gasteiger partial charge in [-0.25, -0.2) is 4.79 Å². The van der Waals surface area contributed by atoms with E-state index < -0.39 is 18.1 Å². The van der Waals surface area contributed by atoms with Crippen LogP contribution in [0.3, 0.4) is 0 Å². The van der Waals surface area contributed by atoms with Crippen molar-refractivity contribution in [2.24, 2.45) is 5.73 Å². The first-order valence-corrected chi connectivity index (χ1v) is 7.69. The lowest BCUT2D eigenvalue weighted by atomic mass is 10.0. The zero-order valence-corrected chi connectivity index (χ0v) is 12.4. The summed E-state index contributed by atoms with van der Waals surface area (Å²) in [5, 5.41) is 11.3. The molecule has 0 aromatic carbocycles. The molecular formula is C15H26N2O4. The highest BCUT2D eigenvalue weighted by Crippen LogP contribution is 2.14. The molecule has 4 N–H and O–H groups in total. The van der Waals surface area contributed by atoms with Crippen LogP contribution in [0, 0.1) is 0 Å². The minimum Gasteiger partial charge on any atom is -0.480 e. The molecule has 0 aromatic heterocycles. The number of carboxylic acids is 1. The molecule has 0 heterocycles. The summed E-state index contributed by atoms with van der Waals surface area (Å²) in [6, 6.07) is -0.822. The van der Waals surface area contributed by atoms with E-state index in [1.54, 1.807) is 0 Å². The molecule has 1 rings (SSSR count). The van der Waals surface area contributed by atoms with Crippen molar-refractivity contribution < 1.29 is 19.4 Å². The second-order valence-corrected chi connectivity index (χ2v) is 5.38. The summed E-state index contributed by atoms with van der Waals surface area (Å²) in [7, 11) is 0. The van der Waals surface area contributed by atoms with Crippen molar-refractivity contribution >= 4 is 12.1 Å². The molecule has 21 heavy (non-hydrogen) atoms. The van der Waals surface area contributed by atoms with Crippen LogP contribution in [-0.2, 0) is 9.53 Å². The molecular weight excluding hydrogens is 272 g/mol. The standard InChI is InChI=1S/C15H26N2O4/c16-13(14(18)19)10-6-7-11-17-15(20)21-12-8-4-2-1-3-5-9-12/h4,8,12-13H,1-3,5-7,9-11,16H2,(H,17,20)(H,18,19)/b8-4+/t12-,13+/m1/s1. The van der Waals surface area contributed by atoms with Crippen LogP contribution in [0.4, 0.5) is 4.79 Å². The lowest BCUT2D eigenvalue weighted by Crippen LogP contribution is -2.31. The maximum absolute atomic E-state index is 11.6. The summed E-state index contributed by atoms with van der Waals surface area (Å²) in [6.07, 6.45) is 10.6. The third-order valence-electron chi connectivity index (χ3n) is 3.50. The van der Waals surface area contributed by atoms with Crippen LogP contribution in [0.5, 0.6) is 0 Å². The van der Waals surface area contributed by atoms with Crippen LogP contribution >= 0.6 is 0 Å². The van der Waals surface area contributed by atoms with Gasteiger partial charge in [-0.3, -0.25) is 4.79 Å². The average molecular weight is 298 g/mol. The van der Waals surface area contributed by atoms with Crippen LogP contribution in [0.25, 0.3) is 0 Å². The quantitative estimate of drug-likeness (QED) is 0.494. The number of unbranched alkanes of at least 4 members (excludes halogenated alkanes) is 1. The number of carbonyl (C=O) groups is 2. The molecule has 120 valence electrons. The van der Waals surface area contributed by atoms with Gasteiger partial charge in [0.2, 0.25) is 0 Å². The Morgan fingerprint density at radius 2 is 2.14 bits per heavy atom. The number of amides is 1. The maximum Gasteiger partial charge on any atom is 0.407 e. The van der Waals surface area contributed by atoms with Gasteiger partial charge in [-0.15, -0.1) is 0 Å². The number of carboxylic acid groups (broad SMARTS) is 1.